The normalized spacial score (nSPS) is 19.6. The van der Waals surface area contributed by atoms with Crippen molar-refractivity contribution < 1.29 is 14.4 Å². The monoisotopic (exact) mass is 168 g/mol. The van der Waals surface area contributed by atoms with Crippen molar-refractivity contribution in [3.05, 3.63) is 11.6 Å². The number of rotatable bonds is 3. The minimum absolute atomic E-state index is 0.00319. The van der Waals surface area contributed by atoms with Gasteiger partial charge in [0.15, 0.2) is 0 Å². The lowest BCUT2D eigenvalue weighted by atomic mass is 10.1. The number of hydrogen-bond acceptors (Lipinski definition) is 3. The predicted octanol–water partition coefficient (Wildman–Crippen LogP) is 0.494. The molecule has 1 radical (unpaired) electrons. The molecule has 0 aromatic rings. The molecule has 1 aliphatic heterocycles. The van der Waals surface area contributed by atoms with Gasteiger partial charge in [0.1, 0.15) is 5.57 Å². The summed E-state index contributed by atoms with van der Waals surface area (Å²) in [5, 5.41) is 0. The van der Waals surface area contributed by atoms with Crippen LogP contribution in [0.15, 0.2) is 5.57 Å². The molecule has 65 valence electrons. The van der Waals surface area contributed by atoms with E-state index in [1.165, 1.54) is 0 Å². The fourth-order valence-corrected chi connectivity index (χ4v) is 0.830. The number of carbonyl (C=O) groups excluding carboxylic acids is 2. The molecule has 0 aromatic carbocycles. The molecule has 1 heterocycles. The summed E-state index contributed by atoms with van der Waals surface area (Å²) in [6, 6.07) is 0. The van der Waals surface area contributed by atoms with Crippen LogP contribution in [0.4, 0.5) is 0 Å². The van der Waals surface area contributed by atoms with Crippen LogP contribution in [0.5, 0.6) is 0 Å². The van der Waals surface area contributed by atoms with Crippen LogP contribution in [0.3, 0.4) is 0 Å². The molecule has 1 fully saturated rings. The maximum absolute atomic E-state index is 10.8. The Morgan fingerprint density at radius 2 is 2.25 bits per heavy atom. The summed E-state index contributed by atoms with van der Waals surface area (Å²) in [5.41, 5.74) is 1.96. The summed E-state index contributed by atoms with van der Waals surface area (Å²) in [6.45, 7) is 2.03. The first-order chi connectivity index (χ1) is 5.75. The van der Waals surface area contributed by atoms with Gasteiger partial charge in [-0.2, -0.15) is 5.48 Å². The van der Waals surface area contributed by atoms with Crippen molar-refractivity contribution >= 4 is 11.9 Å². The van der Waals surface area contributed by atoms with E-state index in [2.05, 4.69) is 10.9 Å². The van der Waals surface area contributed by atoms with E-state index in [0.717, 1.165) is 12.8 Å². The molecule has 1 aliphatic rings. The second-order valence-corrected chi connectivity index (χ2v) is 2.48. The van der Waals surface area contributed by atoms with Gasteiger partial charge in [0, 0.05) is 0 Å². The van der Waals surface area contributed by atoms with Crippen molar-refractivity contribution in [2.24, 2.45) is 0 Å². The Bertz CT molecular complexity index is 214. The molecule has 0 atom stereocenters. The fourth-order valence-electron chi connectivity index (χ4n) is 0.830. The smallest absolute Gasteiger partial charge is 0.335 e. The summed E-state index contributed by atoms with van der Waals surface area (Å²) in [6.07, 6.45) is 5.26. The van der Waals surface area contributed by atoms with Crippen molar-refractivity contribution in [3.63, 3.8) is 0 Å². The van der Waals surface area contributed by atoms with Crippen LogP contribution in [0.1, 0.15) is 26.2 Å². The highest BCUT2D eigenvalue weighted by Crippen LogP contribution is 2.06. The maximum atomic E-state index is 10.8. The Hall–Kier alpha value is -1.32. The number of nitrogens with one attached hydrogen (secondary N) is 1. The molecule has 0 aliphatic carbocycles. The average molecular weight is 168 g/mol. The zero-order chi connectivity index (χ0) is 8.97. The van der Waals surface area contributed by atoms with Crippen LogP contribution in [0, 0.1) is 6.08 Å². The van der Waals surface area contributed by atoms with Crippen molar-refractivity contribution in [1.82, 2.24) is 5.48 Å². The Balaban J connectivity index is 2.53. The van der Waals surface area contributed by atoms with E-state index in [0.29, 0.717) is 6.42 Å². The van der Waals surface area contributed by atoms with E-state index in [1.54, 1.807) is 0 Å². The highest BCUT2D eigenvalue weighted by atomic mass is 16.7. The Morgan fingerprint density at radius 3 is 2.75 bits per heavy atom. The minimum atomic E-state index is -0.629. The molecule has 4 nitrogen and oxygen atoms in total. The number of amides is 1. The van der Waals surface area contributed by atoms with Gasteiger partial charge < -0.3 is 4.84 Å². The topological polar surface area (TPSA) is 55.4 Å². The number of carbonyl (C=O) groups is 2. The molecule has 0 aromatic heterocycles. The van der Waals surface area contributed by atoms with Crippen molar-refractivity contribution in [1.29, 1.82) is 0 Å². The fraction of sp³-hybridized carbons (Fsp3) is 0.500. The van der Waals surface area contributed by atoms with Crippen LogP contribution in [-0.2, 0) is 14.4 Å². The molecule has 1 rings (SSSR count). The highest BCUT2D eigenvalue weighted by molar-refractivity contribution is 6.18. The van der Waals surface area contributed by atoms with Gasteiger partial charge in [0.25, 0.3) is 5.91 Å². The lowest BCUT2D eigenvalue weighted by Gasteiger charge is -1.88. The van der Waals surface area contributed by atoms with Gasteiger partial charge in [-0.15, -0.1) is 0 Å². The number of unbranched alkanes of at least 4 members (excludes halogenated alkanes) is 2. The molecule has 12 heavy (non-hydrogen) atoms. The third-order valence-electron chi connectivity index (χ3n) is 1.50. The van der Waals surface area contributed by atoms with Gasteiger partial charge in [-0.3, -0.25) is 4.79 Å². The molecule has 1 N–H and O–H groups in total. The first-order valence-electron chi connectivity index (χ1n) is 3.88. The molecule has 0 saturated carbocycles. The largest absolute Gasteiger partial charge is 0.368 e. The Labute approximate surface area is 70.5 Å². The van der Waals surface area contributed by atoms with Crippen LogP contribution in [0.25, 0.3) is 0 Å². The van der Waals surface area contributed by atoms with Crippen LogP contribution >= 0.6 is 0 Å². The Morgan fingerprint density at radius 1 is 1.50 bits per heavy atom. The van der Waals surface area contributed by atoms with Crippen molar-refractivity contribution in [2.75, 3.05) is 0 Å². The summed E-state index contributed by atoms with van der Waals surface area (Å²) in [5.74, 6) is -1.12. The lowest BCUT2D eigenvalue weighted by molar-refractivity contribution is -0.143. The summed E-state index contributed by atoms with van der Waals surface area (Å²) < 4.78 is 0. The van der Waals surface area contributed by atoms with Crippen LogP contribution in [0.2, 0.25) is 0 Å². The number of hydrogen-bond donors (Lipinski definition) is 1. The van der Waals surface area contributed by atoms with E-state index < -0.39 is 11.9 Å². The zero-order valence-electron chi connectivity index (χ0n) is 6.85. The predicted molar refractivity (Wildman–Crippen MR) is 40.5 cm³/mol. The van der Waals surface area contributed by atoms with E-state index in [-0.39, 0.29) is 5.57 Å². The maximum Gasteiger partial charge on any atom is 0.368 e. The van der Waals surface area contributed by atoms with E-state index >= 15 is 0 Å². The molecule has 1 saturated heterocycles. The van der Waals surface area contributed by atoms with Gasteiger partial charge in [-0.05, 0) is 18.9 Å². The van der Waals surface area contributed by atoms with Gasteiger partial charge >= 0.3 is 5.97 Å². The highest BCUT2D eigenvalue weighted by Gasteiger charge is 2.27. The van der Waals surface area contributed by atoms with E-state index in [9.17, 15) is 9.59 Å². The van der Waals surface area contributed by atoms with Crippen LogP contribution < -0.4 is 5.48 Å². The number of hydroxylamine groups is 1. The molecule has 4 heteroatoms. The third-order valence-corrected chi connectivity index (χ3v) is 1.50. The molecule has 0 bridgehead atoms. The standard InChI is InChI=1S/C8H10NO3/c1-2-3-4-5-6-7(10)9-12-8(6)11/h2-4H2,1H3,(H,9,10). The van der Waals surface area contributed by atoms with E-state index in [4.69, 9.17) is 0 Å². The molecular weight excluding hydrogens is 158 g/mol. The first kappa shape index (κ1) is 8.77. The second-order valence-electron chi connectivity index (χ2n) is 2.48. The van der Waals surface area contributed by atoms with E-state index in [1.807, 2.05) is 12.4 Å². The first-order valence-corrected chi connectivity index (χ1v) is 3.88. The number of allylic oxidation sites excluding steroid dienone is 1. The Kier molecular flexibility index (Phi) is 2.85. The summed E-state index contributed by atoms with van der Waals surface area (Å²) in [4.78, 5) is 25.9. The minimum Gasteiger partial charge on any atom is -0.335 e. The molecule has 0 spiro atoms. The molecule has 1 amide bonds. The summed E-state index contributed by atoms with van der Waals surface area (Å²) >= 11 is 0. The zero-order valence-corrected chi connectivity index (χ0v) is 6.85. The molecular formula is C8H10NO3. The van der Waals surface area contributed by atoms with Crippen molar-refractivity contribution in [3.8, 4) is 0 Å². The SMILES string of the molecule is CCCC/[C]=C1/C(=O)NOC1=O. The van der Waals surface area contributed by atoms with Gasteiger partial charge in [0.2, 0.25) is 0 Å². The van der Waals surface area contributed by atoms with Crippen molar-refractivity contribution in [2.45, 2.75) is 26.2 Å². The van der Waals surface area contributed by atoms with Gasteiger partial charge in [-0.25, -0.2) is 4.79 Å². The third kappa shape index (κ3) is 1.84. The summed E-state index contributed by atoms with van der Waals surface area (Å²) in [7, 11) is 0. The second kappa shape index (κ2) is 3.90. The average Bonchev–Trinajstić information content (AvgIpc) is 2.35. The molecule has 0 unspecified atom stereocenters. The quantitative estimate of drug-likeness (QED) is 0.379. The van der Waals surface area contributed by atoms with Gasteiger partial charge in [-0.1, -0.05) is 13.3 Å². The lowest BCUT2D eigenvalue weighted by Crippen LogP contribution is -2.12. The van der Waals surface area contributed by atoms with Gasteiger partial charge in [0.05, 0.1) is 0 Å². The van der Waals surface area contributed by atoms with Crippen LogP contribution in [-0.4, -0.2) is 11.9 Å².